The van der Waals surface area contributed by atoms with Crippen molar-refractivity contribution < 1.29 is 27.8 Å². The zero-order valence-electron chi connectivity index (χ0n) is 13.6. The molecule has 0 saturated carbocycles. The van der Waals surface area contributed by atoms with E-state index < -0.39 is 30.2 Å². The fraction of sp³-hybridized carbons (Fsp3) is 0.375. The van der Waals surface area contributed by atoms with Crippen LogP contribution < -0.4 is 15.4 Å². The van der Waals surface area contributed by atoms with Gasteiger partial charge in [0.05, 0.1) is 17.8 Å². The van der Waals surface area contributed by atoms with Gasteiger partial charge in [-0.2, -0.15) is 13.2 Å². The van der Waals surface area contributed by atoms with Gasteiger partial charge in [0.2, 0.25) is 0 Å². The Morgan fingerprint density at radius 1 is 1.50 bits per heavy atom. The Morgan fingerprint density at radius 3 is 2.81 bits per heavy atom. The SMILES string of the molecule is COc1c(Cl)cccc1NC(=S)C1=C(O)C(CCC(F)(F)F)CNC1=O. The fourth-order valence-electron chi connectivity index (χ4n) is 2.52. The minimum atomic E-state index is -4.35. The summed E-state index contributed by atoms with van der Waals surface area (Å²) in [5, 5.41) is 15.8. The van der Waals surface area contributed by atoms with E-state index in [1.807, 2.05) is 0 Å². The second kappa shape index (κ2) is 8.13. The van der Waals surface area contributed by atoms with Gasteiger partial charge in [0.25, 0.3) is 5.91 Å². The first kappa shape index (κ1) is 20.3. The molecule has 1 atom stereocenters. The highest BCUT2D eigenvalue weighted by Gasteiger charge is 2.34. The molecule has 10 heteroatoms. The van der Waals surface area contributed by atoms with Crippen LogP contribution in [-0.2, 0) is 4.79 Å². The predicted molar refractivity (Wildman–Crippen MR) is 95.7 cm³/mol. The van der Waals surface area contributed by atoms with Gasteiger partial charge in [-0.3, -0.25) is 4.79 Å². The van der Waals surface area contributed by atoms with Crippen molar-refractivity contribution in [2.45, 2.75) is 19.0 Å². The van der Waals surface area contributed by atoms with Gasteiger partial charge in [-0.25, -0.2) is 0 Å². The molecule has 1 aromatic carbocycles. The number of thiocarbonyl (C=S) groups is 1. The molecule has 0 aromatic heterocycles. The van der Waals surface area contributed by atoms with Gasteiger partial charge in [0, 0.05) is 18.9 Å². The maximum Gasteiger partial charge on any atom is 0.389 e. The van der Waals surface area contributed by atoms with E-state index in [-0.39, 0.29) is 29.3 Å². The molecule has 1 heterocycles. The number of anilines is 1. The zero-order chi connectivity index (χ0) is 19.5. The number of ether oxygens (including phenoxy) is 1. The molecule has 1 aromatic rings. The van der Waals surface area contributed by atoms with Crippen LogP contribution in [0.15, 0.2) is 29.5 Å². The number of rotatable bonds is 5. The summed E-state index contributed by atoms with van der Waals surface area (Å²) in [6.45, 7) is -0.0899. The summed E-state index contributed by atoms with van der Waals surface area (Å²) < 4.78 is 42.4. The highest BCUT2D eigenvalue weighted by atomic mass is 35.5. The van der Waals surface area contributed by atoms with Crippen molar-refractivity contribution in [1.29, 1.82) is 0 Å². The third kappa shape index (κ3) is 4.79. The predicted octanol–water partition coefficient (Wildman–Crippen LogP) is 3.99. The second-order valence-electron chi connectivity index (χ2n) is 5.60. The maximum atomic E-state index is 12.4. The van der Waals surface area contributed by atoms with Gasteiger partial charge in [-0.1, -0.05) is 29.9 Å². The molecule has 1 amide bonds. The highest BCUT2D eigenvalue weighted by molar-refractivity contribution is 7.81. The van der Waals surface area contributed by atoms with E-state index in [2.05, 4.69) is 10.6 Å². The van der Waals surface area contributed by atoms with Crippen molar-refractivity contribution >= 4 is 40.4 Å². The van der Waals surface area contributed by atoms with Crippen molar-refractivity contribution in [3.63, 3.8) is 0 Å². The number of carbonyl (C=O) groups excluding carboxylic acids is 1. The quantitative estimate of drug-likeness (QED) is 0.643. The molecule has 3 N–H and O–H groups in total. The largest absolute Gasteiger partial charge is 0.511 e. The molecule has 0 bridgehead atoms. The Morgan fingerprint density at radius 2 is 2.19 bits per heavy atom. The van der Waals surface area contributed by atoms with Crippen molar-refractivity contribution in [2.24, 2.45) is 5.92 Å². The van der Waals surface area contributed by atoms with Gasteiger partial charge >= 0.3 is 6.18 Å². The first-order valence-corrected chi connectivity index (χ1v) is 8.34. The van der Waals surface area contributed by atoms with E-state index in [4.69, 9.17) is 28.6 Å². The smallest absolute Gasteiger partial charge is 0.389 e. The Kier molecular flexibility index (Phi) is 6.35. The van der Waals surface area contributed by atoms with Gasteiger partial charge in [0.1, 0.15) is 16.3 Å². The number of hydrogen-bond acceptors (Lipinski definition) is 4. The molecular formula is C16H16ClF3N2O3S. The number of aliphatic hydroxyl groups excluding tert-OH is 1. The van der Waals surface area contributed by atoms with Crippen LogP contribution in [0.25, 0.3) is 0 Å². The minimum Gasteiger partial charge on any atom is -0.511 e. The lowest BCUT2D eigenvalue weighted by Crippen LogP contribution is -2.41. The lowest BCUT2D eigenvalue weighted by Gasteiger charge is -2.26. The molecule has 1 aliphatic rings. The lowest BCUT2D eigenvalue weighted by molar-refractivity contribution is -0.137. The van der Waals surface area contributed by atoms with Gasteiger partial charge < -0.3 is 20.5 Å². The third-order valence-corrected chi connectivity index (χ3v) is 4.41. The number of nitrogens with one attached hydrogen (secondary N) is 2. The summed E-state index contributed by atoms with van der Waals surface area (Å²) >= 11 is 11.2. The standard InChI is InChI=1S/C16H16ClF3N2O3S/c1-25-13-9(17)3-2-4-10(13)22-15(26)11-12(23)8(7-21-14(11)24)5-6-16(18,19)20/h2-4,8,23H,5-7H2,1H3,(H,21,24)(H,22,26). The van der Waals surface area contributed by atoms with E-state index in [0.717, 1.165) is 0 Å². The number of aliphatic hydroxyl groups is 1. The van der Waals surface area contributed by atoms with Crippen LogP contribution in [0, 0.1) is 5.92 Å². The van der Waals surface area contributed by atoms with E-state index in [0.29, 0.717) is 10.7 Å². The number of benzene rings is 1. The number of halogens is 4. The summed E-state index contributed by atoms with van der Waals surface area (Å²) in [7, 11) is 1.40. The highest BCUT2D eigenvalue weighted by Crippen LogP contribution is 2.34. The topological polar surface area (TPSA) is 70.6 Å². The molecule has 0 radical (unpaired) electrons. The van der Waals surface area contributed by atoms with Crippen LogP contribution in [0.4, 0.5) is 18.9 Å². The van der Waals surface area contributed by atoms with Crippen molar-refractivity contribution in [3.8, 4) is 5.75 Å². The Labute approximate surface area is 158 Å². The fourth-order valence-corrected chi connectivity index (χ4v) is 3.08. The molecular weight excluding hydrogens is 393 g/mol. The molecule has 26 heavy (non-hydrogen) atoms. The van der Waals surface area contributed by atoms with Crippen LogP contribution in [0.1, 0.15) is 12.8 Å². The summed E-state index contributed by atoms with van der Waals surface area (Å²) in [4.78, 5) is 11.9. The molecule has 1 unspecified atom stereocenters. The molecule has 5 nitrogen and oxygen atoms in total. The molecule has 142 valence electrons. The molecule has 0 saturated heterocycles. The average Bonchev–Trinajstić information content (AvgIpc) is 2.53. The molecule has 1 aliphatic heterocycles. The average molecular weight is 409 g/mol. The lowest BCUT2D eigenvalue weighted by atomic mass is 9.93. The first-order valence-electron chi connectivity index (χ1n) is 7.56. The second-order valence-corrected chi connectivity index (χ2v) is 6.41. The molecule has 0 aliphatic carbocycles. The van der Waals surface area contributed by atoms with Crippen LogP contribution in [-0.4, -0.2) is 35.8 Å². The van der Waals surface area contributed by atoms with Crippen LogP contribution in [0.5, 0.6) is 5.75 Å². The Hall–Kier alpha value is -2.00. The summed E-state index contributed by atoms with van der Waals surface area (Å²) in [6, 6.07) is 4.81. The van der Waals surface area contributed by atoms with Crippen molar-refractivity contribution in [1.82, 2.24) is 5.32 Å². The van der Waals surface area contributed by atoms with E-state index >= 15 is 0 Å². The monoisotopic (exact) mass is 408 g/mol. The Bertz CT molecular complexity index is 753. The molecule has 0 spiro atoms. The number of para-hydroxylation sites is 1. The number of methoxy groups -OCH3 is 1. The van der Waals surface area contributed by atoms with Crippen molar-refractivity contribution in [3.05, 3.63) is 34.6 Å². The summed E-state index contributed by atoms with van der Waals surface area (Å²) in [5.41, 5.74) is 0.0935. The van der Waals surface area contributed by atoms with Gasteiger partial charge in [0.15, 0.2) is 5.75 Å². The van der Waals surface area contributed by atoms with Crippen LogP contribution >= 0.6 is 23.8 Å². The minimum absolute atomic E-state index is 0.0899. The maximum absolute atomic E-state index is 12.4. The van der Waals surface area contributed by atoms with E-state index in [1.54, 1.807) is 18.2 Å². The third-order valence-electron chi connectivity index (χ3n) is 3.80. The molecule has 2 rings (SSSR count). The zero-order valence-corrected chi connectivity index (χ0v) is 15.2. The number of carbonyl (C=O) groups is 1. The summed E-state index contributed by atoms with van der Waals surface area (Å²) in [5.74, 6) is -1.72. The number of amides is 1. The number of alkyl halides is 3. The molecule has 0 fully saturated rings. The first-order chi connectivity index (χ1) is 12.1. The number of hydrogen-bond donors (Lipinski definition) is 3. The van der Waals surface area contributed by atoms with Crippen LogP contribution in [0.2, 0.25) is 5.02 Å². The van der Waals surface area contributed by atoms with Crippen molar-refractivity contribution in [2.75, 3.05) is 19.0 Å². The van der Waals surface area contributed by atoms with E-state index in [9.17, 15) is 23.1 Å². The van der Waals surface area contributed by atoms with Gasteiger partial charge in [-0.15, -0.1) is 0 Å². The van der Waals surface area contributed by atoms with Crippen LogP contribution in [0.3, 0.4) is 0 Å². The normalized spacial score (nSPS) is 17.7. The van der Waals surface area contributed by atoms with Gasteiger partial charge in [-0.05, 0) is 18.6 Å². The summed E-state index contributed by atoms with van der Waals surface area (Å²) in [6.07, 6.45) is -5.79. The Balaban J connectivity index is 2.25. The van der Waals surface area contributed by atoms with E-state index in [1.165, 1.54) is 7.11 Å².